The van der Waals surface area contributed by atoms with Crippen molar-refractivity contribution in [2.75, 3.05) is 37.7 Å². The van der Waals surface area contributed by atoms with Crippen molar-refractivity contribution in [2.24, 2.45) is 11.3 Å². The first-order valence-electron chi connectivity index (χ1n) is 9.46. The van der Waals surface area contributed by atoms with E-state index in [1.54, 1.807) is 12.5 Å². The van der Waals surface area contributed by atoms with Gasteiger partial charge < -0.3 is 10.0 Å². The van der Waals surface area contributed by atoms with Crippen molar-refractivity contribution >= 4 is 5.82 Å². The largest absolute Gasteiger partial charge is 0.396 e. The highest BCUT2D eigenvalue weighted by atomic mass is 16.3. The number of H-pyrrole nitrogens is 1. The maximum atomic E-state index is 10.0. The van der Waals surface area contributed by atoms with Crippen LogP contribution in [-0.2, 0) is 6.54 Å². The molecule has 0 aromatic carbocycles. The molecular weight excluding hydrogens is 328 g/mol. The molecule has 2 saturated heterocycles. The zero-order valence-electron chi connectivity index (χ0n) is 15.6. The van der Waals surface area contributed by atoms with Crippen molar-refractivity contribution in [2.45, 2.75) is 33.2 Å². The summed E-state index contributed by atoms with van der Waals surface area (Å²) in [5.41, 5.74) is 3.80. The van der Waals surface area contributed by atoms with E-state index in [9.17, 15) is 5.11 Å². The summed E-state index contributed by atoms with van der Waals surface area (Å²) < 4.78 is 0. The van der Waals surface area contributed by atoms with Crippen LogP contribution in [0.2, 0.25) is 0 Å². The maximum absolute atomic E-state index is 10.0. The topological polar surface area (TPSA) is 81.2 Å². The number of nitrogens with one attached hydrogen (secondary N) is 1. The molecule has 2 aromatic heterocycles. The summed E-state index contributed by atoms with van der Waals surface area (Å²) in [6, 6.07) is 1.97. The summed E-state index contributed by atoms with van der Waals surface area (Å²) in [5.74, 6) is 1.29. The molecule has 1 unspecified atom stereocenters. The highest BCUT2D eigenvalue weighted by Crippen LogP contribution is 2.45. The predicted molar refractivity (Wildman–Crippen MR) is 99.8 cm³/mol. The SMILES string of the molecule is Cc1n[nH]c(C)c1CN1CCC2(CC1)CN(c1ccncn1)CC2CO. The lowest BCUT2D eigenvalue weighted by Gasteiger charge is -2.42. The van der Waals surface area contributed by atoms with E-state index in [2.05, 4.69) is 43.8 Å². The standard InChI is InChI=1S/C19H28N6O/c1-14-17(15(2)23-22-14)10-24-7-4-19(5-8-24)12-25(9-16(19)11-26)18-3-6-20-13-21-18/h3,6,13,16,26H,4-5,7-12H2,1-2H3,(H,22,23). The molecular formula is C19H28N6O. The molecule has 0 radical (unpaired) electrons. The number of aliphatic hydroxyl groups excluding tert-OH is 1. The molecule has 1 spiro atoms. The fraction of sp³-hybridized carbons (Fsp3) is 0.632. The number of rotatable bonds is 4. The van der Waals surface area contributed by atoms with Crippen molar-refractivity contribution < 1.29 is 5.11 Å². The summed E-state index contributed by atoms with van der Waals surface area (Å²) in [6.45, 7) is 9.38. The number of nitrogens with zero attached hydrogens (tertiary/aromatic N) is 5. The Labute approximate surface area is 154 Å². The second kappa shape index (κ2) is 6.96. The van der Waals surface area contributed by atoms with Gasteiger partial charge in [-0.05, 0) is 51.3 Å². The molecule has 7 nitrogen and oxygen atoms in total. The fourth-order valence-electron chi connectivity index (χ4n) is 4.68. The molecule has 2 aliphatic rings. The summed E-state index contributed by atoms with van der Waals surface area (Å²) in [6.07, 6.45) is 5.64. The fourth-order valence-corrected chi connectivity index (χ4v) is 4.68. The van der Waals surface area contributed by atoms with Crippen molar-refractivity contribution in [3.8, 4) is 0 Å². The summed E-state index contributed by atoms with van der Waals surface area (Å²) in [5, 5.41) is 17.4. The Balaban J connectivity index is 1.43. The number of aryl methyl sites for hydroxylation is 2. The average molecular weight is 356 g/mol. The van der Waals surface area contributed by atoms with Crippen LogP contribution in [0.4, 0.5) is 5.82 Å². The molecule has 4 rings (SSSR count). The normalized spacial score (nSPS) is 23.0. The minimum absolute atomic E-state index is 0.191. The Kier molecular flexibility index (Phi) is 4.67. The monoisotopic (exact) mass is 356 g/mol. The van der Waals surface area contributed by atoms with Gasteiger partial charge in [0, 0.05) is 49.6 Å². The molecule has 2 aliphatic heterocycles. The minimum Gasteiger partial charge on any atom is -0.396 e. The number of hydrogen-bond acceptors (Lipinski definition) is 6. The lowest BCUT2D eigenvalue weighted by molar-refractivity contribution is 0.0505. The Morgan fingerprint density at radius 2 is 2.12 bits per heavy atom. The average Bonchev–Trinajstić information content (AvgIpc) is 3.19. The van der Waals surface area contributed by atoms with Crippen LogP contribution in [0.15, 0.2) is 18.6 Å². The van der Waals surface area contributed by atoms with Gasteiger partial charge in [-0.1, -0.05) is 0 Å². The Morgan fingerprint density at radius 3 is 2.73 bits per heavy atom. The number of likely N-dealkylation sites (tertiary alicyclic amines) is 1. The molecule has 26 heavy (non-hydrogen) atoms. The first kappa shape index (κ1) is 17.4. The van der Waals surface area contributed by atoms with Gasteiger partial charge in [-0.15, -0.1) is 0 Å². The Bertz CT molecular complexity index is 718. The van der Waals surface area contributed by atoms with E-state index in [1.165, 1.54) is 11.3 Å². The van der Waals surface area contributed by atoms with Gasteiger partial charge in [-0.3, -0.25) is 10.00 Å². The van der Waals surface area contributed by atoms with Gasteiger partial charge in [0.05, 0.1) is 5.69 Å². The van der Waals surface area contributed by atoms with Gasteiger partial charge >= 0.3 is 0 Å². The third-order valence-corrected chi connectivity index (χ3v) is 6.44. The second-order valence-corrected chi connectivity index (χ2v) is 7.88. The molecule has 0 amide bonds. The minimum atomic E-state index is 0.191. The van der Waals surface area contributed by atoms with Gasteiger partial charge in [0.1, 0.15) is 12.1 Å². The molecule has 2 fully saturated rings. The number of hydrogen-bond donors (Lipinski definition) is 2. The zero-order chi connectivity index (χ0) is 18.1. The molecule has 4 heterocycles. The van der Waals surface area contributed by atoms with Gasteiger partial charge in [-0.2, -0.15) is 5.10 Å². The van der Waals surface area contributed by atoms with Gasteiger partial charge in [0.25, 0.3) is 0 Å². The van der Waals surface area contributed by atoms with Crippen molar-refractivity contribution in [1.29, 1.82) is 0 Å². The lowest BCUT2D eigenvalue weighted by atomic mass is 9.71. The van der Waals surface area contributed by atoms with Crippen LogP contribution in [0.1, 0.15) is 29.8 Å². The van der Waals surface area contributed by atoms with E-state index >= 15 is 0 Å². The van der Waals surface area contributed by atoms with Crippen LogP contribution in [0.5, 0.6) is 0 Å². The van der Waals surface area contributed by atoms with E-state index in [4.69, 9.17) is 0 Å². The van der Waals surface area contributed by atoms with Crippen LogP contribution in [0.25, 0.3) is 0 Å². The van der Waals surface area contributed by atoms with Gasteiger partial charge in [0.2, 0.25) is 0 Å². The van der Waals surface area contributed by atoms with Crippen LogP contribution >= 0.6 is 0 Å². The van der Waals surface area contributed by atoms with E-state index in [1.807, 2.05) is 6.07 Å². The van der Waals surface area contributed by atoms with E-state index in [-0.39, 0.29) is 12.0 Å². The molecule has 1 atom stereocenters. The summed E-state index contributed by atoms with van der Waals surface area (Å²) in [4.78, 5) is 13.3. The predicted octanol–water partition coefficient (Wildman–Crippen LogP) is 1.53. The number of aromatic amines is 1. The quantitative estimate of drug-likeness (QED) is 0.865. The number of aromatic nitrogens is 4. The Hall–Kier alpha value is -1.99. The number of piperidine rings is 1. The third-order valence-electron chi connectivity index (χ3n) is 6.44. The summed E-state index contributed by atoms with van der Waals surface area (Å²) in [7, 11) is 0. The van der Waals surface area contributed by atoms with Crippen molar-refractivity contribution in [1.82, 2.24) is 25.1 Å². The highest BCUT2D eigenvalue weighted by Gasteiger charge is 2.48. The number of anilines is 1. The van der Waals surface area contributed by atoms with Crippen molar-refractivity contribution in [3.05, 3.63) is 35.5 Å². The van der Waals surface area contributed by atoms with Crippen LogP contribution in [0.3, 0.4) is 0 Å². The second-order valence-electron chi connectivity index (χ2n) is 7.88. The van der Waals surface area contributed by atoms with Crippen LogP contribution in [0, 0.1) is 25.2 Å². The number of aliphatic hydroxyl groups is 1. The lowest BCUT2D eigenvalue weighted by Crippen LogP contribution is -2.44. The third kappa shape index (κ3) is 3.10. The van der Waals surface area contributed by atoms with Gasteiger partial charge in [0.15, 0.2) is 0 Å². The van der Waals surface area contributed by atoms with Crippen LogP contribution in [-0.4, -0.2) is 63.0 Å². The van der Waals surface area contributed by atoms with E-state index in [0.717, 1.165) is 57.1 Å². The highest BCUT2D eigenvalue weighted by molar-refractivity contribution is 5.39. The van der Waals surface area contributed by atoms with Crippen molar-refractivity contribution in [3.63, 3.8) is 0 Å². The maximum Gasteiger partial charge on any atom is 0.131 e. The smallest absolute Gasteiger partial charge is 0.131 e. The van der Waals surface area contributed by atoms with E-state index in [0.29, 0.717) is 5.92 Å². The van der Waals surface area contributed by atoms with Gasteiger partial charge in [-0.25, -0.2) is 9.97 Å². The molecule has 2 N–H and O–H groups in total. The molecule has 140 valence electrons. The van der Waals surface area contributed by atoms with E-state index < -0.39 is 0 Å². The first-order valence-corrected chi connectivity index (χ1v) is 9.46. The molecule has 2 aromatic rings. The Morgan fingerprint density at radius 1 is 1.31 bits per heavy atom. The first-order chi connectivity index (χ1) is 12.6. The molecule has 0 bridgehead atoms. The molecule has 7 heteroatoms. The van der Waals surface area contributed by atoms with Crippen LogP contribution < -0.4 is 4.90 Å². The summed E-state index contributed by atoms with van der Waals surface area (Å²) >= 11 is 0. The molecule has 0 saturated carbocycles. The zero-order valence-corrected chi connectivity index (χ0v) is 15.6. The molecule has 0 aliphatic carbocycles.